The Morgan fingerprint density at radius 1 is 1.44 bits per heavy atom. The summed E-state index contributed by atoms with van der Waals surface area (Å²) in [6.07, 6.45) is -7.66. The molecule has 0 bridgehead atoms. The Kier molecular flexibility index (Phi) is 4.06. The number of ether oxygens (including phenoxy) is 1. The summed E-state index contributed by atoms with van der Waals surface area (Å²) in [6.45, 7) is 1.04. The van der Waals surface area contributed by atoms with E-state index in [4.69, 9.17) is 5.26 Å². The lowest BCUT2D eigenvalue weighted by atomic mass is 10.1. The molecule has 1 heterocycles. The summed E-state index contributed by atoms with van der Waals surface area (Å²) < 4.78 is 65.2. The second-order valence-corrected chi connectivity index (χ2v) is 3.31. The first-order valence-corrected chi connectivity index (χ1v) is 4.65. The van der Waals surface area contributed by atoms with E-state index in [1.165, 1.54) is 0 Å². The number of hydrogen-bond donors (Lipinski definition) is 0. The molecular formula is C10H7F5N2O. The van der Waals surface area contributed by atoms with Gasteiger partial charge in [-0.05, 0) is 6.92 Å². The fraction of sp³-hybridized carbons (Fsp3) is 0.400. The standard InChI is InChI=1S/C10H7F5N2O/c1-5-7(9(11)12)17-4-6(2-3-16)8(5)18-10(13,14)15/h4,9H,2H2,1H3. The van der Waals surface area contributed by atoms with Crippen molar-refractivity contribution in [3.05, 3.63) is 23.0 Å². The maximum atomic E-state index is 12.5. The van der Waals surface area contributed by atoms with Crippen LogP contribution in [-0.4, -0.2) is 11.3 Å². The molecule has 0 unspecified atom stereocenters. The Balaban J connectivity index is 3.32. The van der Waals surface area contributed by atoms with Gasteiger partial charge in [-0.3, -0.25) is 4.98 Å². The summed E-state index contributed by atoms with van der Waals surface area (Å²) >= 11 is 0. The van der Waals surface area contributed by atoms with E-state index in [0.29, 0.717) is 0 Å². The molecule has 8 heteroatoms. The number of halogens is 5. The summed E-state index contributed by atoms with van der Waals surface area (Å²) in [6, 6.07) is 1.61. The molecule has 0 N–H and O–H groups in total. The molecule has 1 aromatic heterocycles. The zero-order valence-corrected chi connectivity index (χ0v) is 9.05. The molecule has 3 nitrogen and oxygen atoms in total. The van der Waals surface area contributed by atoms with Crippen molar-refractivity contribution in [3.8, 4) is 11.8 Å². The Labute approximate surface area is 98.8 Å². The highest BCUT2D eigenvalue weighted by Gasteiger charge is 2.34. The lowest BCUT2D eigenvalue weighted by molar-refractivity contribution is -0.275. The molecule has 0 radical (unpaired) electrons. The van der Waals surface area contributed by atoms with Crippen LogP contribution in [0.4, 0.5) is 22.0 Å². The van der Waals surface area contributed by atoms with Gasteiger partial charge in [-0.1, -0.05) is 0 Å². The van der Waals surface area contributed by atoms with Crippen LogP contribution in [0, 0.1) is 18.3 Å². The molecule has 1 rings (SSSR count). The number of nitrogens with zero attached hydrogens (tertiary/aromatic N) is 2. The second-order valence-electron chi connectivity index (χ2n) is 3.31. The summed E-state index contributed by atoms with van der Waals surface area (Å²) in [5, 5.41) is 8.45. The summed E-state index contributed by atoms with van der Waals surface area (Å²) in [5.41, 5.74) is -1.40. The van der Waals surface area contributed by atoms with Crippen molar-refractivity contribution in [1.82, 2.24) is 4.98 Å². The van der Waals surface area contributed by atoms with E-state index < -0.39 is 36.2 Å². The molecule has 0 aliphatic carbocycles. The Morgan fingerprint density at radius 3 is 2.50 bits per heavy atom. The van der Waals surface area contributed by atoms with Crippen LogP contribution in [0.25, 0.3) is 0 Å². The predicted octanol–water partition coefficient (Wildman–Crippen LogP) is 3.29. The first-order chi connectivity index (χ1) is 8.26. The van der Waals surface area contributed by atoms with Crippen LogP contribution in [0.3, 0.4) is 0 Å². The quantitative estimate of drug-likeness (QED) is 0.788. The van der Waals surface area contributed by atoms with Gasteiger partial charge >= 0.3 is 6.36 Å². The minimum absolute atomic E-state index is 0.184. The fourth-order valence-electron chi connectivity index (χ4n) is 1.35. The van der Waals surface area contributed by atoms with E-state index in [1.807, 2.05) is 0 Å². The third kappa shape index (κ3) is 3.29. The van der Waals surface area contributed by atoms with Crippen LogP contribution in [-0.2, 0) is 6.42 Å². The molecule has 1 aromatic rings. The summed E-state index contributed by atoms with van der Waals surface area (Å²) in [4.78, 5) is 3.34. The van der Waals surface area contributed by atoms with Gasteiger partial charge in [0.2, 0.25) is 0 Å². The molecule has 18 heavy (non-hydrogen) atoms. The van der Waals surface area contributed by atoms with E-state index in [-0.39, 0.29) is 5.56 Å². The van der Waals surface area contributed by atoms with Crippen LogP contribution >= 0.6 is 0 Å². The molecule has 0 aliphatic heterocycles. The Morgan fingerprint density at radius 2 is 2.06 bits per heavy atom. The molecule has 0 atom stereocenters. The third-order valence-corrected chi connectivity index (χ3v) is 2.07. The number of aromatic nitrogens is 1. The largest absolute Gasteiger partial charge is 0.573 e. The number of rotatable bonds is 3. The van der Waals surface area contributed by atoms with Gasteiger partial charge in [-0.25, -0.2) is 8.78 Å². The predicted molar refractivity (Wildman–Crippen MR) is 49.9 cm³/mol. The second kappa shape index (κ2) is 5.16. The molecule has 0 fully saturated rings. The van der Waals surface area contributed by atoms with Gasteiger partial charge < -0.3 is 4.74 Å². The Hall–Kier alpha value is -1.91. The lowest BCUT2D eigenvalue weighted by Gasteiger charge is -2.16. The van der Waals surface area contributed by atoms with Crippen molar-refractivity contribution in [2.24, 2.45) is 0 Å². The van der Waals surface area contributed by atoms with E-state index in [0.717, 1.165) is 13.1 Å². The number of nitriles is 1. The maximum Gasteiger partial charge on any atom is 0.573 e. The van der Waals surface area contributed by atoms with Crippen molar-refractivity contribution >= 4 is 0 Å². The normalized spacial score (nSPS) is 11.4. The van der Waals surface area contributed by atoms with E-state index in [1.54, 1.807) is 6.07 Å². The molecule has 98 valence electrons. The average molecular weight is 266 g/mol. The minimum atomic E-state index is -5.02. The van der Waals surface area contributed by atoms with Crippen LogP contribution in [0.15, 0.2) is 6.20 Å². The van der Waals surface area contributed by atoms with E-state index >= 15 is 0 Å². The number of hydrogen-bond acceptors (Lipinski definition) is 3. The highest BCUT2D eigenvalue weighted by atomic mass is 19.4. The van der Waals surface area contributed by atoms with Crippen molar-refractivity contribution in [2.45, 2.75) is 26.1 Å². The Bertz CT molecular complexity index is 478. The zero-order valence-electron chi connectivity index (χ0n) is 9.05. The van der Waals surface area contributed by atoms with Crippen LogP contribution in [0.1, 0.15) is 23.2 Å². The summed E-state index contributed by atoms with van der Waals surface area (Å²) in [5.74, 6) is -0.783. The van der Waals surface area contributed by atoms with E-state index in [2.05, 4.69) is 9.72 Å². The van der Waals surface area contributed by atoms with Crippen molar-refractivity contribution < 1.29 is 26.7 Å². The van der Waals surface area contributed by atoms with Gasteiger partial charge in [-0.15, -0.1) is 13.2 Å². The highest BCUT2D eigenvalue weighted by molar-refractivity contribution is 5.43. The van der Waals surface area contributed by atoms with Crippen LogP contribution in [0.2, 0.25) is 0 Å². The first-order valence-electron chi connectivity index (χ1n) is 4.65. The first kappa shape index (κ1) is 14.2. The monoisotopic (exact) mass is 266 g/mol. The van der Waals surface area contributed by atoms with Gasteiger partial charge in [0, 0.05) is 17.3 Å². The number of pyridine rings is 1. The van der Waals surface area contributed by atoms with Gasteiger partial charge in [-0.2, -0.15) is 5.26 Å². The molecule has 0 aliphatic rings. The van der Waals surface area contributed by atoms with Gasteiger partial charge in [0.15, 0.2) is 0 Å². The fourth-order valence-corrected chi connectivity index (χ4v) is 1.35. The lowest BCUT2D eigenvalue weighted by Crippen LogP contribution is -2.19. The van der Waals surface area contributed by atoms with Crippen molar-refractivity contribution in [3.63, 3.8) is 0 Å². The molecule has 0 aromatic carbocycles. The average Bonchev–Trinajstić information content (AvgIpc) is 2.21. The van der Waals surface area contributed by atoms with Crippen LogP contribution in [0.5, 0.6) is 5.75 Å². The van der Waals surface area contributed by atoms with Gasteiger partial charge in [0.25, 0.3) is 6.43 Å². The van der Waals surface area contributed by atoms with Gasteiger partial charge in [0.05, 0.1) is 12.5 Å². The highest BCUT2D eigenvalue weighted by Crippen LogP contribution is 2.34. The van der Waals surface area contributed by atoms with Gasteiger partial charge in [0.1, 0.15) is 11.4 Å². The minimum Gasteiger partial charge on any atom is -0.405 e. The van der Waals surface area contributed by atoms with Crippen molar-refractivity contribution in [1.29, 1.82) is 5.26 Å². The maximum absolute atomic E-state index is 12.5. The molecular weight excluding hydrogens is 259 g/mol. The summed E-state index contributed by atoms with van der Waals surface area (Å²) in [7, 11) is 0. The SMILES string of the molecule is Cc1c(C(F)F)ncc(CC#N)c1OC(F)(F)F. The molecule has 0 spiro atoms. The molecule has 0 amide bonds. The zero-order chi connectivity index (χ0) is 13.9. The molecule has 0 saturated carbocycles. The third-order valence-electron chi connectivity index (χ3n) is 2.07. The molecule has 0 saturated heterocycles. The topological polar surface area (TPSA) is 45.9 Å². The van der Waals surface area contributed by atoms with Crippen LogP contribution < -0.4 is 4.74 Å². The smallest absolute Gasteiger partial charge is 0.405 e. The number of alkyl halides is 5. The van der Waals surface area contributed by atoms with E-state index in [9.17, 15) is 22.0 Å². The van der Waals surface area contributed by atoms with Crippen molar-refractivity contribution in [2.75, 3.05) is 0 Å².